The number of hydrogen-bond donors (Lipinski definition) is 4. The molecule has 7 fully saturated rings. The maximum atomic E-state index is 15.0. The number of rotatable bonds is 7. The number of piperidine rings is 1. The second-order valence-corrected chi connectivity index (χ2v) is 22.3. The van der Waals surface area contributed by atoms with Gasteiger partial charge in [0.25, 0.3) is 0 Å². The first-order valence-electron chi connectivity index (χ1n) is 22.7. The van der Waals surface area contributed by atoms with Crippen molar-refractivity contribution >= 4 is 5.91 Å². The highest BCUT2D eigenvalue weighted by Gasteiger charge is 2.79. The summed E-state index contributed by atoms with van der Waals surface area (Å²) in [6, 6.07) is 0.271. The summed E-state index contributed by atoms with van der Waals surface area (Å²) in [5, 5.41) is 15.0. The molecule has 1 aliphatic heterocycles. The van der Waals surface area contributed by atoms with Crippen LogP contribution in [0.4, 0.5) is 0 Å². The SMILES string of the molecule is C=C(C)[C@@H]1CC[C@]2(C(=O)NC3CCC(CN4CCC(CC5=CC=CCC5)CC4)C3)CC[C@@]3(C)[C@]4(C)CC[C@H]5C(C)(C)C(O)CC[C@]5(C)[C@@]4(N)CC[C@]3(N)[C@@H]12. The van der Waals surface area contributed by atoms with Crippen molar-refractivity contribution in [1.82, 2.24) is 10.2 Å². The molecule has 3 unspecified atom stereocenters. The van der Waals surface area contributed by atoms with E-state index in [1.165, 1.54) is 63.7 Å². The first-order valence-corrected chi connectivity index (χ1v) is 22.7. The van der Waals surface area contributed by atoms with E-state index in [9.17, 15) is 5.11 Å². The lowest BCUT2D eigenvalue weighted by atomic mass is 9.28. The molecular weight excluding hydrogens is 665 g/mol. The molecule has 302 valence electrons. The molecule has 6 nitrogen and oxygen atoms in total. The molecule has 1 amide bonds. The number of fused-ring (bicyclic) bond motifs is 7. The van der Waals surface area contributed by atoms with Crippen molar-refractivity contribution in [3.63, 3.8) is 0 Å². The maximum absolute atomic E-state index is 15.0. The fraction of sp³-hybridized carbons (Fsp3) is 0.854. The Morgan fingerprint density at radius 1 is 0.889 bits per heavy atom. The third kappa shape index (κ3) is 5.54. The molecule has 0 aromatic carbocycles. The molecule has 6 N–H and O–H groups in total. The van der Waals surface area contributed by atoms with Gasteiger partial charge in [-0.3, -0.25) is 4.79 Å². The number of nitrogens with one attached hydrogen (secondary N) is 1. The molecule has 1 saturated heterocycles. The van der Waals surface area contributed by atoms with Gasteiger partial charge < -0.3 is 26.8 Å². The molecule has 54 heavy (non-hydrogen) atoms. The zero-order chi connectivity index (χ0) is 38.5. The number of hydrogen-bond acceptors (Lipinski definition) is 5. The molecule has 0 aromatic heterocycles. The highest BCUT2D eigenvalue weighted by atomic mass is 16.3. The minimum Gasteiger partial charge on any atom is -0.393 e. The van der Waals surface area contributed by atoms with Gasteiger partial charge in [0.1, 0.15) is 0 Å². The molecule has 0 radical (unpaired) electrons. The van der Waals surface area contributed by atoms with Crippen LogP contribution in [0.3, 0.4) is 0 Å². The van der Waals surface area contributed by atoms with Crippen molar-refractivity contribution < 1.29 is 9.90 Å². The van der Waals surface area contributed by atoms with Crippen molar-refractivity contribution in [2.24, 2.45) is 68.1 Å². The van der Waals surface area contributed by atoms with E-state index in [2.05, 4.69) is 76.6 Å². The van der Waals surface area contributed by atoms with E-state index in [1.54, 1.807) is 5.57 Å². The first-order chi connectivity index (χ1) is 25.4. The van der Waals surface area contributed by atoms with E-state index < -0.39 is 11.0 Å². The number of likely N-dealkylation sites (tertiary alicyclic amines) is 1. The van der Waals surface area contributed by atoms with Crippen LogP contribution in [0.2, 0.25) is 0 Å². The molecule has 8 rings (SSSR count). The fourth-order valence-electron chi connectivity index (χ4n) is 16.3. The Labute approximate surface area is 329 Å². The smallest absolute Gasteiger partial charge is 0.226 e. The molecule has 0 bridgehead atoms. The van der Waals surface area contributed by atoms with Gasteiger partial charge in [0, 0.05) is 23.7 Å². The van der Waals surface area contributed by atoms with Crippen molar-refractivity contribution in [3.8, 4) is 0 Å². The van der Waals surface area contributed by atoms with Gasteiger partial charge in [-0.05, 0) is 187 Å². The minimum atomic E-state index is -0.498. The Balaban J connectivity index is 0.974. The van der Waals surface area contributed by atoms with Gasteiger partial charge in [0.2, 0.25) is 5.91 Å². The number of nitrogens with zero attached hydrogens (tertiary/aromatic N) is 1. The molecule has 7 aliphatic carbocycles. The van der Waals surface area contributed by atoms with Gasteiger partial charge in [-0.25, -0.2) is 0 Å². The van der Waals surface area contributed by atoms with Gasteiger partial charge in [-0.1, -0.05) is 70.6 Å². The number of aliphatic hydroxyl groups is 1. The monoisotopic (exact) mass is 743 g/mol. The number of carbonyl (C=O) groups excluding carboxylic acids is 1. The van der Waals surface area contributed by atoms with Crippen LogP contribution >= 0.6 is 0 Å². The predicted molar refractivity (Wildman–Crippen MR) is 221 cm³/mol. The van der Waals surface area contributed by atoms with E-state index >= 15 is 4.79 Å². The summed E-state index contributed by atoms with van der Waals surface area (Å²) in [6.45, 7) is 22.5. The molecule has 12 atom stereocenters. The lowest BCUT2D eigenvalue weighted by Crippen LogP contribution is -2.84. The number of aliphatic hydroxyl groups excluding tert-OH is 1. The van der Waals surface area contributed by atoms with E-state index in [1.807, 2.05) is 0 Å². The second kappa shape index (κ2) is 13.6. The highest BCUT2D eigenvalue weighted by Crippen LogP contribution is 2.78. The molecule has 8 aliphatic rings. The standard InChI is InChI=1S/C48H78N4O2/c1-32(2)37-15-22-46(41(54)51-36-14-13-35(30-36)31-52-27-18-34(19-28-52)29-33-11-9-8-10-12-33)24-23-44(6)45(7)21-16-38-42(3,4)39(53)17-20-43(38,5)48(45,50)26-25-47(44,49)40(37)46/h8-9,11,34-40,53H,1,10,12-31,49-50H2,2-7H3,(H,51,54)/t35?,36?,37-,38-,39?,40-,43-,44-,45-,46-,47-,48-/m0/s1. The summed E-state index contributed by atoms with van der Waals surface area (Å²) in [7, 11) is 0. The Morgan fingerprint density at radius 3 is 2.35 bits per heavy atom. The zero-order valence-corrected chi connectivity index (χ0v) is 35.3. The molecule has 0 spiro atoms. The minimum absolute atomic E-state index is 0.0676. The quantitative estimate of drug-likeness (QED) is 0.195. The van der Waals surface area contributed by atoms with Crippen LogP contribution in [-0.2, 0) is 4.79 Å². The van der Waals surface area contributed by atoms with Crippen molar-refractivity contribution in [2.45, 2.75) is 180 Å². The lowest BCUT2D eigenvalue weighted by Gasteiger charge is -2.79. The van der Waals surface area contributed by atoms with Crippen LogP contribution in [0.25, 0.3) is 0 Å². The second-order valence-electron chi connectivity index (χ2n) is 22.3. The summed E-state index contributed by atoms with van der Waals surface area (Å²) < 4.78 is 0. The maximum Gasteiger partial charge on any atom is 0.226 e. The Kier molecular flexibility index (Phi) is 9.88. The van der Waals surface area contributed by atoms with Gasteiger partial charge in [-0.15, -0.1) is 0 Å². The number of allylic oxidation sites excluding steroid dienone is 5. The summed E-state index contributed by atoms with van der Waals surface area (Å²) in [6.07, 6.45) is 25.9. The summed E-state index contributed by atoms with van der Waals surface area (Å²) in [5.74, 6) is 2.54. The van der Waals surface area contributed by atoms with Gasteiger partial charge in [0.15, 0.2) is 0 Å². The molecule has 6 saturated carbocycles. The highest BCUT2D eigenvalue weighted by molar-refractivity contribution is 5.84. The molecule has 6 heteroatoms. The largest absolute Gasteiger partial charge is 0.393 e. The fourth-order valence-corrected chi connectivity index (χ4v) is 16.3. The molecular formula is C48H78N4O2. The summed E-state index contributed by atoms with van der Waals surface area (Å²) in [4.78, 5) is 17.8. The van der Waals surface area contributed by atoms with E-state index in [0.29, 0.717) is 17.7 Å². The molecule has 0 aromatic rings. The first kappa shape index (κ1) is 39.4. The van der Waals surface area contributed by atoms with Crippen LogP contribution in [-0.4, -0.2) is 58.8 Å². The van der Waals surface area contributed by atoms with Crippen LogP contribution in [0.15, 0.2) is 36.0 Å². The Hall–Kier alpha value is -1.47. The van der Waals surface area contributed by atoms with E-state index in [4.69, 9.17) is 11.5 Å². The Bertz CT molecular complexity index is 1540. The van der Waals surface area contributed by atoms with E-state index in [-0.39, 0.29) is 51.2 Å². The summed E-state index contributed by atoms with van der Waals surface area (Å²) >= 11 is 0. The predicted octanol–water partition coefficient (Wildman–Crippen LogP) is 8.83. The lowest BCUT2D eigenvalue weighted by molar-refractivity contribution is -0.263. The number of nitrogens with two attached hydrogens (primary N) is 2. The third-order valence-corrected chi connectivity index (χ3v) is 19.9. The van der Waals surface area contributed by atoms with Crippen molar-refractivity contribution in [3.05, 3.63) is 36.0 Å². The van der Waals surface area contributed by atoms with Crippen molar-refractivity contribution in [2.75, 3.05) is 19.6 Å². The average Bonchev–Trinajstić information content (AvgIpc) is 3.76. The van der Waals surface area contributed by atoms with Crippen molar-refractivity contribution in [1.29, 1.82) is 0 Å². The van der Waals surface area contributed by atoms with Crippen LogP contribution in [0, 0.1) is 56.7 Å². The van der Waals surface area contributed by atoms with Gasteiger partial charge in [0.05, 0.1) is 11.5 Å². The number of amides is 1. The van der Waals surface area contributed by atoms with Crippen LogP contribution in [0.5, 0.6) is 0 Å². The summed E-state index contributed by atoms with van der Waals surface area (Å²) in [5.41, 5.74) is 17.1. The third-order valence-electron chi connectivity index (χ3n) is 19.9. The topological polar surface area (TPSA) is 105 Å². The Morgan fingerprint density at radius 2 is 1.65 bits per heavy atom. The van der Waals surface area contributed by atoms with Gasteiger partial charge >= 0.3 is 0 Å². The van der Waals surface area contributed by atoms with Gasteiger partial charge in [-0.2, -0.15) is 0 Å². The zero-order valence-electron chi connectivity index (χ0n) is 35.3. The average molecular weight is 743 g/mol. The van der Waals surface area contributed by atoms with Crippen LogP contribution in [0.1, 0.15) is 157 Å². The number of carbonyl (C=O) groups is 1. The van der Waals surface area contributed by atoms with E-state index in [0.717, 1.165) is 83.0 Å². The normalized spacial score (nSPS) is 48.9. The molecule has 1 heterocycles. The van der Waals surface area contributed by atoms with Crippen LogP contribution < -0.4 is 16.8 Å².